The standard InChI is InChI=1S/C28H33NO3/c1-21(32-25-17-15-23(16-18-25)28(2,3)4)27(30)29-24-13-8-14-26(20-24)31-19-9-12-22-10-6-5-7-11-22/h5-8,10-11,13-18,20-21H,9,12,19H2,1-4H3,(H,29,30). The zero-order chi connectivity index (χ0) is 23.0. The van der Waals surface area contributed by atoms with Crippen molar-refractivity contribution in [3.8, 4) is 11.5 Å². The summed E-state index contributed by atoms with van der Waals surface area (Å²) in [6.07, 6.45) is 1.29. The molecule has 168 valence electrons. The molecule has 0 fully saturated rings. The van der Waals surface area contributed by atoms with Crippen LogP contribution in [0.5, 0.6) is 11.5 Å². The predicted molar refractivity (Wildman–Crippen MR) is 131 cm³/mol. The second-order valence-corrected chi connectivity index (χ2v) is 8.99. The largest absolute Gasteiger partial charge is 0.494 e. The van der Waals surface area contributed by atoms with Crippen LogP contribution in [0.3, 0.4) is 0 Å². The molecule has 3 rings (SSSR count). The molecule has 1 N–H and O–H groups in total. The number of anilines is 1. The van der Waals surface area contributed by atoms with E-state index in [1.807, 2.05) is 66.7 Å². The second kappa shape index (κ2) is 10.9. The lowest BCUT2D eigenvalue weighted by Gasteiger charge is -2.20. The van der Waals surface area contributed by atoms with E-state index in [0.717, 1.165) is 18.6 Å². The van der Waals surface area contributed by atoms with Gasteiger partial charge in [0.25, 0.3) is 5.91 Å². The smallest absolute Gasteiger partial charge is 0.265 e. The number of carbonyl (C=O) groups is 1. The summed E-state index contributed by atoms with van der Waals surface area (Å²) in [6.45, 7) is 8.87. The molecule has 0 aliphatic rings. The third-order valence-corrected chi connectivity index (χ3v) is 5.23. The highest BCUT2D eigenvalue weighted by Crippen LogP contribution is 2.25. The first-order valence-electron chi connectivity index (χ1n) is 11.2. The zero-order valence-corrected chi connectivity index (χ0v) is 19.4. The van der Waals surface area contributed by atoms with Crippen molar-refractivity contribution in [2.75, 3.05) is 11.9 Å². The molecule has 3 aromatic rings. The van der Waals surface area contributed by atoms with Crippen LogP contribution in [0.25, 0.3) is 0 Å². The summed E-state index contributed by atoms with van der Waals surface area (Å²) in [5, 5.41) is 2.91. The first-order chi connectivity index (χ1) is 15.3. The SMILES string of the molecule is CC(Oc1ccc(C(C)(C)C)cc1)C(=O)Nc1cccc(OCCCc2ccccc2)c1. The Balaban J connectivity index is 1.48. The Bertz CT molecular complexity index is 991. The third-order valence-electron chi connectivity index (χ3n) is 5.23. The summed E-state index contributed by atoms with van der Waals surface area (Å²) in [5.74, 6) is 1.21. The lowest BCUT2D eigenvalue weighted by atomic mass is 9.87. The fourth-order valence-electron chi connectivity index (χ4n) is 3.31. The number of ether oxygens (including phenoxy) is 2. The fraction of sp³-hybridized carbons (Fsp3) is 0.321. The minimum absolute atomic E-state index is 0.0795. The summed E-state index contributed by atoms with van der Waals surface area (Å²) in [4.78, 5) is 12.6. The molecular weight excluding hydrogens is 398 g/mol. The van der Waals surface area contributed by atoms with E-state index in [9.17, 15) is 4.79 Å². The van der Waals surface area contributed by atoms with Crippen LogP contribution in [0.2, 0.25) is 0 Å². The van der Waals surface area contributed by atoms with Gasteiger partial charge < -0.3 is 14.8 Å². The maximum atomic E-state index is 12.6. The number of hydrogen-bond acceptors (Lipinski definition) is 3. The van der Waals surface area contributed by atoms with Crippen molar-refractivity contribution in [1.29, 1.82) is 0 Å². The van der Waals surface area contributed by atoms with Crippen molar-refractivity contribution >= 4 is 11.6 Å². The Kier molecular flexibility index (Phi) is 7.93. The van der Waals surface area contributed by atoms with Gasteiger partial charge in [0.1, 0.15) is 11.5 Å². The maximum Gasteiger partial charge on any atom is 0.265 e. The van der Waals surface area contributed by atoms with Crippen molar-refractivity contribution in [3.05, 3.63) is 90.0 Å². The van der Waals surface area contributed by atoms with Crippen molar-refractivity contribution in [1.82, 2.24) is 0 Å². The van der Waals surface area contributed by atoms with Gasteiger partial charge in [-0.25, -0.2) is 0 Å². The summed E-state index contributed by atoms with van der Waals surface area (Å²) in [7, 11) is 0. The van der Waals surface area contributed by atoms with Crippen LogP contribution in [0.1, 0.15) is 45.2 Å². The van der Waals surface area contributed by atoms with Gasteiger partial charge in [0.15, 0.2) is 6.10 Å². The highest BCUT2D eigenvalue weighted by molar-refractivity contribution is 5.94. The monoisotopic (exact) mass is 431 g/mol. The zero-order valence-electron chi connectivity index (χ0n) is 19.4. The van der Waals surface area contributed by atoms with E-state index in [2.05, 4.69) is 38.2 Å². The third kappa shape index (κ3) is 7.16. The molecular formula is C28H33NO3. The van der Waals surface area contributed by atoms with Crippen LogP contribution in [0.4, 0.5) is 5.69 Å². The maximum absolute atomic E-state index is 12.6. The minimum atomic E-state index is -0.620. The minimum Gasteiger partial charge on any atom is -0.494 e. The van der Waals surface area contributed by atoms with Crippen molar-refractivity contribution in [3.63, 3.8) is 0 Å². The van der Waals surface area contributed by atoms with Crippen molar-refractivity contribution in [2.45, 2.75) is 52.1 Å². The van der Waals surface area contributed by atoms with Crippen LogP contribution in [0.15, 0.2) is 78.9 Å². The Labute approximate surface area is 191 Å². The Morgan fingerprint density at radius 3 is 2.31 bits per heavy atom. The number of hydrogen-bond donors (Lipinski definition) is 1. The average molecular weight is 432 g/mol. The van der Waals surface area contributed by atoms with Crippen LogP contribution < -0.4 is 14.8 Å². The van der Waals surface area contributed by atoms with Gasteiger partial charge in [-0.15, -0.1) is 0 Å². The first kappa shape index (κ1) is 23.4. The van der Waals surface area contributed by atoms with Gasteiger partial charge in [0.05, 0.1) is 6.61 Å². The Morgan fingerprint density at radius 1 is 0.906 bits per heavy atom. The molecule has 32 heavy (non-hydrogen) atoms. The van der Waals surface area contributed by atoms with Gasteiger partial charge in [-0.05, 0) is 60.6 Å². The van der Waals surface area contributed by atoms with Gasteiger partial charge in [0, 0.05) is 11.8 Å². The highest BCUT2D eigenvalue weighted by Gasteiger charge is 2.17. The Morgan fingerprint density at radius 2 is 1.62 bits per heavy atom. The molecule has 0 aliphatic carbocycles. The number of benzene rings is 3. The summed E-state index contributed by atoms with van der Waals surface area (Å²) >= 11 is 0. The van der Waals surface area contributed by atoms with Crippen molar-refractivity contribution in [2.24, 2.45) is 0 Å². The number of nitrogens with one attached hydrogen (secondary N) is 1. The van der Waals surface area contributed by atoms with Gasteiger partial charge in [0.2, 0.25) is 0 Å². The molecule has 4 heteroatoms. The van der Waals surface area contributed by atoms with E-state index in [0.29, 0.717) is 18.0 Å². The number of carbonyl (C=O) groups excluding carboxylic acids is 1. The summed E-state index contributed by atoms with van der Waals surface area (Å²) in [6, 6.07) is 25.7. The van der Waals surface area contributed by atoms with E-state index in [-0.39, 0.29) is 11.3 Å². The van der Waals surface area contributed by atoms with E-state index in [1.165, 1.54) is 11.1 Å². The van der Waals surface area contributed by atoms with Gasteiger partial charge >= 0.3 is 0 Å². The molecule has 0 saturated heterocycles. The number of amides is 1. The molecule has 1 atom stereocenters. The van der Waals surface area contributed by atoms with Crippen LogP contribution in [0, 0.1) is 0 Å². The highest BCUT2D eigenvalue weighted by atomic mass is 16.5. The molecule has 0 saturated carbocycles. The number of aryl methyl sites for hydroxylation is 1. The van der Waals surface area contributed by atoms with E-state index in [4.69, 9.17) is 9.47 Å². The van der Waals surface area contributed by atoms with E-state index < -0.39 is 6.10 Å². The molecule has 1 amide bonds. The fourth-order valence-corrected chi connectivity index (χ4v) is 3.31. The molecule has 4 nitrogen and oxygen atoms in total. The van der Waals surface area contributed by atoms with Crippen LogP contribution >= 0.6 is 0 Å². The lowest BCUT2D eigenvalue weighted by Crippen LogP contribution is -2.30. The van der Waals surface area contributed by atoms with Crippen LogP contribution in [-0.2, 0) is 16.6 Å². The second-order valence-electron chi connectivity index (χ2n) is 8.99. The molecule has 1 unspecified atom stereocenters. The first-order valence-corrected chi connectivity index (χ1v) is 11.2. The van der Waals surface area contributed by atoms with Crippen LogP contribution in [-0.4, -0.2) is 18.6 Å². The van der Waals surface area contributed by atoms with E-state index >= 15 is 0 Å². The Hall–Kier alpha value is -3.27. The van der Waals surface area contributed by atoms with Gasteiger partial charge in [-0.2, -0.15) is 0 Å². The molecule has 0 spiro atoms. The van der Waals surface area contributed by atoms with Gasteiger partial charge in [-0.1, -0.05) is 69.3 Å². The molecule has 0 heterocycles. The van der Waals surface area contributed by atoms with Gasteiger partial charge in [-0.3, -0.25) is 4.79 Å². The average Bonchev–Trinajstić information content (AvgIpc) is 2.77. The lowest BCUT2D eigenvalue weighted by molar-refractivity contribution is -0.122. The number of rotatable bonds is 9. The van der Waals surface area contributed by atoms with Crippen molar-refractivity contribution < 1.29 is 14.3 Å². The summed E-state index contributed by atoms with van der Waals surface area (Å²) in [5.41, 5.74) is 3.30. The molecule has 3 aromatic carbocycles. The molecule has 0 bridgehead atoms. The quantitative estimate of drug-likeness (QED) is 0.399. The summed E-state index contributed by atoms with van der Waals surface area (Å²) < 4.78 is 11.7. The molecule has 0 aliphatic heterocycles. The molecule has 0 radical (unpaired) electrons. The predicted octanol–water partition coefficient (Wildman–Crippen LogP) is 6.40. The van der Waals surface area contributed by atoms with E-state index in [1.54, 1.807) is 6.92 Å². The topological polar surface area (TPSA) is 47.6 Å². The normalized spacial score (nSPS) is 12.1. The molecule has 0 aromatic heterocycles.